The average molecular weight is 305 g/mol. The van der Waals surface area contributed by atoms with Crippen molar-refractivity contribution in [3.05, 3.63) is 23.9 Å². The molecule has 0 aromatic carbocycles. The van der Waals surface area contributed by atoms with Crippen LogP contribution < -0.4 is 16.0 Å². The first kappa shape index (κ1) is 15.2. The molecular weight excluding hydrogens is 282 g/mol. The van der Waals surface area contributed by atoms with E-state index in [1.54, 1.807) is 18.3 Å². The second kappa shape index (κ2) is 6.20. The molecule has 0 saturated carbocycles. The molecule has 2 fully saturated rings. The number of hydrogen-bond acceptors (Lipinski definition) is 6. The Labute approximate surface area is 130 Å². The van der Waals surface area contributed by atoms with Crippen LogP contribution in [0.3, 0.4) is 0 Å². The molecule has 2 saturated heterocycles. The van der Waals surface area contributed by atoms with Crippen LogP contribution in [0.25, 0.3) is 0 Å². The number of aromatic nitrogens is 1. The van der Waals surface area contributed by atoms with Gasteiger partial charge in [0.2, 0.25) is 0 Å². The highest BCUT2D eigenvalue weighted by Gasteiger charge is 2.34. The number of carbonyl (C=O) groups excluding carboxylic acids is 1. The molecule has 22 heavy (non-hydrogen) atoms. The van der Waals surface area contributed by atoms with Crippen LogP contribution in [0.2, 0.25) is 0 Å². The van der Waals surface area contributed by atoms with Gasteiger partial charge in [-0.1, -0.05) is 0 Å². The summed E-state index contributed by atoms with van der Waals surface area (Å²) in [7, 11) is 0. The molecule has 3 heterocycles. The Morgan fingerprint density at radius 1 is 1.41 bits per heavy atom. The van der Waals surface area contributed by atoms with Gasteiger partial charge in [-0.05, 0) is 25.1 Å². The van der Waals surface area contributed by atoms with Crippen LogP contribution >= 0.6 is 0 Å². The molecule has 7 heteroatoms. The van der Waals surface area contributed by atoms with Gasteiger partial charge in [-0.15, -0.1) is 0 Å². The Kier molecular flexibility index (Phi) is 4.28. The van der Waals surface area contributed by atoms with Crippen molar-refractivity contribution in [3.63, 3.8) is 0 Å². The Morgan fingerprint density at radius 3 is 2.82 bits per heavy atom. The molecule has 0 bridgehead atoms. The zero-order valence-corrected chi connectivity index (χ0v) is 12.7. The predicted octanol–water partition coefficient (Wildman–Crippen LogP) is -0.973. The number of piperazine rings is 1. The molecule has 1 atom stereocenters. The van der Waals surface area contributed by atoms with Gasteiger partial charge in [0, 0.05) is 45.5 Å². The van der Waals surface area contributed by atoms with Crippen LogP contribution in [-0.2, 0) is 0 Å². The standard InChI is InChI=1S/C15H23N5O2/c16-13(21)12-2-1-4-18-14(12)20-8-6-19(7-9-20)11-15(22)3-5-17-10-15/h1-2,4,17,22H,3,5-11H2,(H2,16,21)/t15-/m1/s1. The van der Waals surface area contributed by atoms with E-state index in [2.05, 4.69) is 20.1 Å². The number of primary amides is 1. The lowest BCUT2D eigenvalue weighted by atomic mass is 10.0. The molecule has 1 aromatic heterocycles. The van der Waals surface area contributed by atoms with Gasteiger partial charge >= 0.3 is 0 Å². The second-order valence-corrected chi connectivity index (χ2v) is 6.15. The monoisotopic (exact) mass is 305 g/mol. The maximum atomic E-state index is 11.5. The van der Waals surface area contributed by atoms with Crippen molar-refractivity contribution in [2.45, 2.75) is 12.0 Å². The van der Waals surface area contributed by atoms with E-state index in [-0.39, 0.29) is 0 Å². The fourth-order valence-corrected chi connectivity index (χ4v) is 3.24. The van der Waals surface area contributed by atoms with Crippen LogP contribution in [0.4, 0.5) is 5.82 Å². The summed E-state index contributed by atoms with van der Waals surface area (Å²) in [5, 5.41) is 13.7. The van der Waals surface area contributed by atoms with E-state index in [9.17, 15) is 9.90 Å². The number of pyridine rings is 1. The van der Waals surface area contributed by atoms with E-state index < -0.39 is 11.5 Å². The molecule has 2 aliphatic heterocycles. The number of nitrogens with zero attached hydrogens (tertiary/aromatic N) is 3. The first-order chi connectivity index (χ1) is 10.6. The Morgan fingerprint density at radius 2 is 2.18 bits per heavy atom. The number of amides is 1. The summed E-state index contributed by atoms with van der Waals surface area (Å²) in [6.45, 7) is 5.49. The Hall–Kier alpha value is -1.70. The van der Waals surface area contributed by atoms with Gasteiger partial charge in [-0.3, -0.25) is 9.69 Å². The molecule has 4 N–H and O–H groups in total. The zero-order chi connectivity index (χ0) is 15.6. The normalized spacial score (nSPS) is 26.3. The Balaban J connectivity index is 1.61. The number of hydrogen-bond donors (Lipinski definition) is 3. The second-order valence-electron chi connectivity index (χ2n) is 6.15. The molecule has 1 amide bonds. The van der Waals surface area contributed by atoms with E-state index in [0.29, 0.717) is 24.5 Å². The first-order valence-electron chi connectivity index (χ1n) is 7.73. The number of rotatable bonds is 4. The third kappa shape index (κ3) is 3.21. The molecule has 120 valence electrons. The molecule has 0 unspecified atom stereocenters. The largest absolute Gasteiger partial charge is 0.387 e. The summed E-state index contributed by atoms with van der Waals surface area (Å²) in [4.78, 5) is 20.2. The van der Waals surface area contributed by atoms with Crippen molar-refractivity contribution in [2.24, 2.45) is 5.73 Å². The summed E-state index contributed by atoms with van der Waals surface area (Å²) in [5.74, 6) is 0.216. The Bertz CT molecular complexity index is 536. The summed E-state index contributed by atoms with van der Waals surface area (Å²) in [6.07, 6.45) is 2.49. The fourth-order valence-electron chi connectivity index (χ4n) is 3.24. The van der Waals surface area contributed by atoms with Gasteiger partial charge in [0.25, 0.3) is 5.91 Å². The highest BCUT2D eigenvalue weighted by Crippen LogP contribution is 2.21. The predicted molar refractivity (Wildman–Crippen MR) is 83.8 cm³/mol. The summed E-state index contributed by atoms with van der Waals surface area (Å²) in [5.41, 5.74) is 5.28. The third-order valence-electron chi connectivity index (χ3n) is 4.46. The lowest BCUT2D eigenvalue weighted by Gasteiger charge is -2.38. The van der Waals surface area contributed by atoms with Gasteiger partial charge in [-0.25, -0.2) is 4.98 Å². The molecule has 0 spiro atoms. The highest BCUT2D eigenvalue weighted by molar-refractivity contribution is 5.97. The molecule has 7 nitrogen and oxygen atoms in total. The van der Waals surface area contributed by atoms with Crippen molar-refractivity contribution in [1.29, 1.82) is 0 Å². The van der Waals surface area contributed by atoms with Crippen LogP contribution in [0, 0.1) is 0 Å². The molecular formula is C15H23N5O2. The van der Waals surface area contributed by atoms with Gasteiger partial charge in [0.05, 0.1) is 11.2 Å². The lowest BCUT2D eigenvalue weighted by molar-refractivity contribution is 0.0193. The molecule has 3 rings (SSSR count). The van der Waals surface area contributed by atoms with Gasteiger partial charge in [0.1, 0.15) is 5.82 Å². The maximum absolute atomic E-state index is 11.5. The van der Waals surface area contributed by atoms with Crippen molar-refractivity contribution < 1.29 is 9.90 Å². The minimum atomic E-state index is -0.606. The van der Waals surface area contributed by atoms with E-state index >= 15 is 0 Å². The topological polar surface area (TPSA) is 94.7 Å². The fraction of sp³-hybridized carbons (Fsp3) is 0.600. The molecule has 1 aromatic rings. The summed E-state index contributed by atoms with van der Waals surface area (Å²) in [6, 6.07) is 3.44. The average Bonchev–Trinajstić information content (AvgIpc) is 2.94. The number of nitrogens with one attached hydrogen (secondary N) is 1. The van der Waals surface area contributed by atoms with Crippen molar-refractivity contribution in [2.75, 3.05) is 50.7 Å². The first-order valence-corrected chi connectivity index (χ1v) is 7.73. The smallest absolute Gasteiger partial charge is 0.252 e. The quantitative estimate of drug-likeness (QED) is 0.662. The summed E-state index contributed by atoms with van der Waals surface area (Å²) >= 11 is 0. The van der Waals surface area contributed by atoms with E-state index in [4.69, 9.17) is 5.73 Å². The highest BCUT2D eigenvalue weighted by atomic mass is 16.3. The molecule has 2 aliphatic rings. The number of nitrogens with two attached hydrogens (primary N) is 1. The van der Waals surface area contributed by atoms with Crippen molar-refractivity contribution in [3.8, 4) is 0 Å². The van der Waals surface area contributed by atoms with E-state index in [1.165, 1.54) is 0 Å². The van der Waals surface area contributed by atoms with Crippen LogP contribution in [0.15, 0.2) is 18.3 Å². The lowest BCUT2D eigenvalue weighted by Crippen LogP contribution is -2.53. The van der Waals surface area contributed by atoms with E-state index in [0.717, 1.165) is 39.1 Å². The minimum Gasteiger partial charge on any atom is -0.387 e. The van der Waals surface area contributed by atoms with E-state index in [1.807, 2.05) is 0 Å². The van der Waals surface area contributed by atoms with Gasteiger partial charge in [0.15, 0.2) is 0 Å². The number of aliphatic hydroxyl groups is 1. The molecule has 0 aliphatic carbocycles. The number of anilines is 1. The molecule has 0 radical (unpaired) electrons. The zero-order valence-electron chi connectivity index (χ0n) is 12.7. The maximum Gasteiger partial charge on any atom is 0.252 e. The minimum absolute atomic E-state index is 0.447. The van der Waals surface area contributed by atoms with Crippen LogP contribution in [-0.4, -0.2) is 72.3 Å². The number of β-amino-alcohol motifs (C(OH)–C–C–N with tert-alkyl or cyclic N) is 1. The van der Waals surface area contributed by atoms with Crippen LogP contribution in [0.1, 0.15) is 16.8 Å². The summed E-state index contributed by atoms with van der Waals surface area (Å²) < 4.78 is 0. The third-order valence-corrected chi connectivity index (χ3v) is 4.46. The van der Waals surface area contributed by atoms with Gasteiger partial charge < -0.3 is 21.1 Å². The SMILES string of the molecule is NC(=O)c1cccnc1N1CCN(C[C@@]2(O)CCNC2)CC1. The number of carbonyl (C=O) groups is 1. The van der Waals surface area contributed by atoms with Crippen molar-refractivity contribution in [1.82, 2.24) is 15.2 Å². The van der Waals surface area contributed by atoms with Crippen LogP contribution in [0.5, 0.6) is 0 Å². The van der Waals surface area contributed by atoms with Crippen molar-refractivity contribution >= 4 is 11.7 Å². The van der Waals surface area contributed by atoms with Gasteiger partial charge in [-0.2, -0.15) is 0 Å².